The molecular formula is C19H22F2N2O2S. The van der Waals surface area contributed by atoms with Crippen molar-refractivity contribution in [3.8, 4) is 0 Å². The number of sulfonamides is 1. The van der Waals surface area contributed by atoms with Gasteiger partial charge in [-0.3, -0.25) is 0 Å². The molecule has 1 heterocycles. The Morgan fingerprint density at radius 2 is 1.50 bits per heavy atom. The summed E-state index contributed by atoms with van der Waals surface area (Å²) >= 11 is 0. The van der Waals surface area contributed by atoms with Gasteiger partial charge in [0.25, 0.3) is 0 Å². The summed E-state index contributed by atoms with van der Waals surface area (Å²) in [4.78, 5) is 0.281. The van der Waals surface area contributed by atoms with Crippen molar-refractivity contribution in [3.63, 3.8) is 0 Å². The fourth-order valence-electron chi connectivity index (χ4n) is 3.07. The summed E-state index contributed by atoms with van der Waals surface area (Å²) in [6.07, 6.45) is 2.86. The Labute approximate surface area is 152 Å². The topological polar surface area (TPSA) is 49.4 Å². The fraction of sp³-hybridized carbons (Fsp3) is 0.368. The molecule has 2 aromatic carbocycles. The Morgan fingerprint density at radius 3 is 2.12 bits per heavy atom. The van der Waals surface area contributed by atoms with Crippen molar-refractivity contribution in [2.24, 2.45) is 0 Å². The van der Waals surface area contributed by atoms with Crippen LogP contribution >= 0.6 is 0 Å². The van der Waals surface area contributed by atoms with Crippen molar-refractivity contribution in [2.45, 2.75) is 37.2 Å². The van der Waals surface area contributed by atoms with Crippen molar-refractivity contribution < 1.29 is 17.2 Å². The maximum Gasteiger partial charge on any atom is 0.243 e. The molecule has 0 atom stereocenters. The maximum atomic E-state index is 13.6. The van der Waals surface area contributed by atoms with E-state index in [1.54, 1.807) is 24.3 Å². The van der Waals surface area contributed by atoms with E-state index in [1.807, 2.05) is 0 Å². The molecular weight excluding hydrogens is 358 g/mol. The van der Waals surface area contributed by atoms with Gasteiger partial charge in [-0.1, -0.05) is 24.6 Å². The molecule has 0 spiro atoms. The number of nitrogens with one attached hydrogen (secondary N) is 1. The van der Waals surface area contributed by atoms with Crippen LogP contribution in [-0.2, 0) is 23.1 Å². The molecule has 0 saturated carbocycles. The van der Waals surface area contributed by atoms with E-state index in [4.69, 9.17) is 0 Å². The number of halogens is 2. The average molecular weight is 380 g/mol. The lowest BCUT2D eigenvalue weighted by molar-refractivity contribution is 0.346. The van der Waals surface area contributed by atoms with E-state index in [1.165, 1.54) is 22.5 Å². The molecule has 7 heteroatoms. The van der Waals surface area contributed by atoms with Crippen LogP contribution < -0.4 is 5.32 Å². The second kappa shape index (κ2) is 8.24. The smallest absolute Gasteiger partial charge is 0.243 e. The normalized spacial score (nSPS) is 15.9. The summed E-state index contributed by atoms with van der Waals surface area (Å²) in [5.41, 5.74) is 0.844. The van der Waals surface area contributed by atoms with E-state index in [0.717, 1.165) is 24.8 Å². The summed E-state index contributed by atoms with van der Waals surface area (Å²) in [6, 6.07) is 10.4. The molecule has 0 aromatic heterocycles. The van der Waals surface area contributed by atoms with Crippen LogP contribution in [0.25, 0.3) is 0 Å². The first-order chi connectivity index (χ1) is 12.5. The van der Waals surface area contributed by atoms with Gasteiger partial charge < -0.3 is 5.32 Å². The van der Waals surface area contributed by atoms with Gasteiger partial charge in [0, 0.05) is 31.7 Å². The molecule has 0 radical (unpaired) electrons. The molecule has 0 aliphatic carbocycles. The van der Waals surface area contributed by atoms with Crippen molar-refractivity contribution in [3.05, 3.63) is 65.2 Å². The highest BCUT2D eigenvalue weighted by Crippen LogP contribution is 2.21. The molecule has 1 N–H and O–H groups in total. The van der Waals surface area contributed by atoms with Crippen molar-refractivity contribution in [2.75, 3.05) is 13.1 Å². The summed E-state index contributed by atoms with van der Waals surface area (Å²) in [6.45, 7) is 1.59. The second-order valence-electron chi connectivity index (χ2n) is 6.41. The third kappa shape index (κ3) is 4.28. The van der Waals surface area contributed by atoms with Crippen LogP contribution in [-0.4, -0.2) is 25.8 Å². The molecule has 1 fully saturated rings. The highest BCUT2D eigenvalue weighted by atomic mass is 32.2. The lowest BCUT2D eigenvalue weighted by atomic mass is 10.2. The van der Waals surface area contributed by atoms with Crippen molar-refractivity contribution >= 4 is 10.0 Å². The van der Waals surface area contributed by atoms with E-state index in [-0.39, 0.29) is 17.0 Å². The molecule has 1 aliphatic heterocycles. The van der Waals surface area contributed by atoms with Crippen LogP contribution in [0.5, 0.6) is 0 Å². The van der Waals surface area contributed by atoms with E-state index in [0.29, 0.717) is 19.6 Å². The zero-order chi connectivity index (χ0) is 18.6. The van der Waals surface area contributed by atoms with Gasteiger partial charge in [0.15, 0.2) is 0 Å². The second-order valence-corrected chi connectivity index (χ2v) is 8.35. The molecule has 0 unspecified atom stereocenters. The lowest BCUT2D eigenvalue weighted by Gasteiger charge is -2.25. The summed E-state index contributed by atoms with van der Waals surface area (Å²) in [5.74, 6) is -1.17. The van der Waals surface area contributed by atoms with Gasteiger partial charge in [-0.2, -0.15) is 4.31 Å². The predicted octanol–water partition coefficient (Wildman–Crippen LogP) is 3.43. The van der Waals surface area contributed by atoms with E-state index in [2.05, 4.69) is 5.32 Å². The molecule has 1 saturated heterocycles. The minimum Gasteiger partial charge on any atom is -0.308 e. The van der Waals surface area contributed by atoms with Crippen LogP contribution in [0.3, 0.4) is 0 Å². The summed E-state index contributed by atoms with van der Waals surface area (Å²) < 4.78 is 53.9. The zero-order valence-corrected chi connectivity index (χ0v) is 15.2. The Kier molecular flexibility index (Phi) is 6.01. The number of hydrogen-bond donors (Lipinski definition) is 1. The average Bonchev–Trinajstić information content (AvgIpc) is 2.65. The molecule has 26 heavy (non-hydrogen) atoms. The van der Waals surface area contributed by atoms with E-state index >= 15 is 0 Å². The quantitative estimate of drug-likeness (QED) is 0.835. The van der Waals surface area contributed by atoms with Crippen LogP contribution in [0.15, 0.2) is 47.4 Å². The van der Waals surface area contributed by atoms with Crippen LogP contribution in [0.1, 0.15) is 30.4 Å². The Balaban J connectivity index is 1.61. The molecule has 0 bridgehead atoms. The molecule has 140 valence electrons. The Bertz CT molecular complexity index is 828. The molecule has 2 aromatic rings. The van der Waals surface area contributed by atoms with Gasteiger partial charge in [-0.05, 0) is 42.7 Å². The molecule has 1 aliphatic rings. The fourth-order valence-corrected chi connectivity index (χ4v) is 4.58. The van der Waals surface area contributed by atoms with Gasteiger partial charge >= 0.3 is 0 Å². The zero-order valence-electron chi connectivity index (χ0n) is 14.4. The number of hydrogen-bond acceptors (Lipinski definition) is 3. The lowest BCUT2D eigenvalue weighted by Crippen LogP contribution is -2.35. The third-order valence-corrected chi connectivity index (χ3v) is 6.48. The van der Waals surface area contributed by atoms with Gasteiger partial charge in [0.2, 0.25) is 10.0 Å². The predicted molar refractivity (Wildman–Crippen MR) is 96.0 cm³/mol. The number of rotatable bonds is 6. The first-order valence-electron chi connectivity index (χ1n) is 8.71. The van der Waals surface area contributed by atoms with E-state index in [9.17, 15) is 17.2 Å². The van der Waals surface area contributed by atoms with Crippen molar-refractivity contribution in [1.82, 2.24) is 9.62 Å². The van der Waals surface area contributed by atoms with Gasteiger partial charge in [0.1, 0.15) is 11.6 Å². The number of piperidine rings is 1. The van der Waals surface area contributed by atoms with Crippen LogP contribution in [0.4, 0.5) is 8.78 Å². The molecule has 0 amide bonds. The first-order valence-corrected chi connectivity index (χ1v) is 10.2. The summed E-state index contributed by atoms with van der Waals surface area (Å²) in [5, 5.41) is 2.98. The first kappa shape index (κ1) is 18.9. The minimum atomic E-state index is -3.44. The van der Waals surface area contributed by atoms with Crippen LogP contribution in [0, 0.1) is 11.6 Å². The molecule has 4 nitrogen and oxygen atoms in total. The number of benzene rings is 2. The number of nitrogens with zero attached hydrogens (tertiary/aromatic N) is 1. The largest absolute Gasteiger partial charge is 0.308 e. The summed E-state index contributed by atoms with van der Waals surface area (Å²) in [7, 11) is -3.44. The van der Waals surface area contributed by atoms with Crippen molar-refractivity contribution in [1.29, 1.82) is 0 Å². The highest BCUT2D eigenvalue weighted by Gasteiger charge is 2.25. The standard InChI is InChI=1S/C19H22F2N2O2S/c20-18-5-4-6-19(21)17(18)14-22-13-15-7-9-16(10-8-15)26(24,25)23-11-2-1-3-12-23/h4-10,22H,1-3,11-14H2. The van der Waals surface area contributed by atoms with Gasteiger partial charge in [0.05, 0.1) is 4.90 Å². The Morgan fingerprint density at radius 1 is 0.885 bits per heavy atom. The minimum absolute atomic E-state index is 0.00297. The molecule has 3 rings (SSSR count). The monoisotopic (exact) mass is 380 g/mol. The van der Waals surface area contributed by atoms with Crippen LogP contribution in [0.2, 0.25) is 0 Å². The third-order valence-electron chi connectivity index (χ3n) is 4.57. The Hall–Kier alpha value is -1.83. The maximum absolute atomic E-state index is 13.6. The van der Waals surface area contributed by atoms with Gasteiger partial charge in [-0.15, -0.1) is 0 Å². The van der Waals surface area contributed by atoms with E-state index < -0.39 is 21.7 Å². The highest BCUT2D eigenvalue weighted by molar-refractivity contribution is 7.89. The SMILES string of the molecule is O=S(=O)(c1ccc(CNCc2c(F)cccc2F)cc1)N1CCCCC1. The van der Waals surface area contributed by atoms with Gasteiger partial charge in [-0.25, -0.2) is 17.2 Å².